The molecule has 1 N–H and O–H groups in total. The summed E-state index contributed by atoms with van der Waals surface area (Å²) in [5.74, 6) is 0.0185. The molecule has 0 aliphatic heterocycles. The Balaban J connectivity index is 3.12. The van der Waals surface area contributed by atoms with E-state index in [9.17, 15) is 4.79 Å². The van der Waals surface area contributed by atoms with Gasteiger partial charge in [0, 0.05) is 0 Å². The van der Waals surface area contributed by atoms with E-state index in [1.54, 1.807) is 0 Å². The molecule has 0 bridgehead atoms. The SMILES string of the molecule is [N-]=Nc1nc[nH]c1C=O. The molecule has 1 aromatic heterocycles. The van der Waals surface area contributed by atoms with Crippen LogP contribution in [0.5, 0.6) is 0 Å². The van der Waals surface area contributed by atoms with Crippen LogP contribution in [-0.2, 0) is 0 Å². The van der Waals surface area contributed by atoms with E-state index in [1.165, 1.54) is 6.33 Å². The summed E-state index contributed by atoms with van der Waals surface area (Å²) >= 11 is 0. The van der Waals surface area contributed by atoms with Gasteiger partial charge in [0.05, 0.1) is 6.33 Å². The predicted octanol–water partition coefficient (Wildman–Crippen LogP) is 0.875. The highest BCUT2D eigenvalue weighted by Gasteiger charge is 1.96. The highest BCUT2D eigenvalue weighted by Crippen LogP contribution is 2.09. The summed E-state index contributed by atoms with van der Waals surface area (Å²) in [7, 11) is 0. The van der Waals surface area contributed by atoms with Crippen molar-refractivity contribution in [2.75, 3.05) is 0 Å². The molecule has 0 saturated heterocycles. The summed E-state index contributed by atoms with van der Waals surface area (Å²) < 4.78 is 0. The van der Waals surface area contributed by atoms with E-state index >= 15 is 0 Å². The Bertz CT molecular complexity index is 206. The molecule has 1 rings (SSSR count). The Morgan fingerprint density at radius 3 is 3.11 bits per heavy atom. The zero-order chi connectivity index (χ0) is 6.69. The summed E-state index contributed by atoms with van der Waals surface area (Å²) in [6.45, 7) is 0. The number of hydrogen-bond donors (Lipinski definition) is 1. The maximum absolute atomic E-state index is 10.0. The van der Waals surface area contributed by atoms with Gasteiger partial charge in [-0.05, 0) is 0 Å². The van der Waals surface area contributed by atoms with Crippen molar-refractivity contribution in [3.8, 4) is 0 Å². The van der Waals surface area contributed by atoms with Crippen LogP contribution in [0.3, 0.4) is 0 Å². The predicted molar refractivity (Wildman–Crippen MR) is 29.4 cm³/mol. The van der Waals surface area contributed by atoms with Gasteiger partial charge < -0.3 is 15.6 Å². The van der Waals surface area contributed by atoms with Crippen molar-refractivity contribution in [2.45, 2.75) is 0 Å². The molecule has 1 aromatic rings. The minimum absolute atomic E-state index is 0.0185. The zero-order valence-electron chi connectivity index (χ0n) is 4.40. The van der Waals surface area contributed by atoms with Gasteiger partial charge in [0.15, 0.2) is 12.1 Å². The van der Waals surface area contributed by atoms with E-state index < -0.39 is 0 Å². The number of carbonyl (C=O) groups is 1. The van der Waals surface area contributed by atoms with E-state index in [-0.39, 0.29) is 11.5 Å². The quantitative estimate of drug-likeness (QED) is 0.467. The number of imidazole rings is 1. The van der Waals surface area contributed by atoms with E-state index in [4.69, 9.17) is 5.53 Å². The number of aromatic nitrogens is 2. The Morgan fingerprint density at radius 2 is 2.67 bits per heavy atom. The largest absolute Gasteiger partial charge is 0.705 e. The third kappa shape index (κ3) is 0.835. The van der Waals surface area contributed by atoms with Crippen molar-refractivity contribution >= 4 is 12.1 Å². The van der Waals surface area contributed by atoms with Crippen molar-refractivity contribution in [1.82, 2.24) is 9.97 Å². The number of H-pyrrole nitrogens is 1. The third-order valence-electron chi connectivity index (χ3n) is 0.860. The van der Waals surface area contributed by atoms with Crippen molar-refractivity contribution in [3.05, 3.63) is 17.6 Å². The van der Waals surface area contributed by atoms with Crippen LogP contribution in [0.2, 0.25) is 0 Å². The number of nitrogens with zero attached hydrogens (tertiary/aromatic N) is 3. The standard InChI is InChI=1S/C4H3N4O/c5-8-4-3(1-9)6-2-7-4/h1-2H,(H,6,7)/q-1. The van der Waals surface area contributed by atoms with Crippen molar-refractivity contribution in [3.63, 3.8) is 0 Å². The minimum atomic E-state index is 0.0185. The van der Waals surface area contributed by atoms with E-state index in [1.807, 2.05) is 0 Å². The number of aromatic amines is 1. The average molecular weight is 123 g/mol. The number of rotatable bonds is 2. The summed E-state index contributed by atoms with van der Waals surface area (Å²) in [6.07, 6.45) is 1.81. The Hall–Kier alpha value is -1.52. The molecule has 5 nitrogen and oxygen atoms in total. The fourth-order valence-electron chi connectivity index (χ4n) is 0.463. The maximum Gasteiger partial charge on any atom is 0.170 e. The number of nitrogens with one attached hydrogen (secondary N) is 1. The Kier molecular flexibility index (Phi) is 1.35. The van der Waals surface area contributed by atoms with Crippen molar-refractivity contribution < 1.29 is 4.79 Å². The number of carbonyl (C=O) groups excluding carboxylic acids is 1. The van der Waals surface area contributed by atoms with Crippen LogP contribution in [0.1, 0.15) is 10.5 Å². The first-order valence-electron chi connectivity index (χ1n) is 2.22. The third-order valence-corrected chi connectivity index (χ3v) is 0.860. The first-order valence-corrected chi connectivity index (χ1v) is 2.22. The van der Waals surface area contributed by atoms with Gasteiger partial charge in [-0.25, -0.2) is 4.98 Å². The lowest BCUT2D eigenvalue weighted by Gasteiger charge is -1.87. The second kappa shape index (κ2) is 2.17. The molecule has 1 heterocycles. The molecule has 0 amide bonds. The monoisotopic (exact) mass is 123 g/mol. The molecule has 0 atom stereocenters. The number of hydrogen-bond acceptors (Lipinski definition) is 3. The summed E-state index contributed by atoms with van der Waals surface area (Å²) in [5, 5.41) is 2.73. The topological polar surface area (TPSA) is 80.4 Å². The summed E-state index contributed by atoms with van der Waals surface area (Å²) in [5.41, 5.74) is 8.30. The highest BCUT2D eigenvalue weighted by molar-refractivity contribution is 5.78. The Morgan fingerprint density at radius 1 is 1.89 bits per heavy atom. The second-order valence-electron chi connectivity index (χ2n) is 1.36. The molecule has 0 spiro atoms. The molecule has 0 aliphatic carbocycles. The smallest absolute Gasteiger partial charge is 0.170 e. The molecule has 5 heteroatoms. The van der Waals surface area contributed by atoms with Crippen molar-refractivity contribution in [2.24, 2.45) is 5.11 Å². The molecule has 0 aliphatic rings. The van der Waals surface area contributed by atoms with Crippen molar-refractivity contribution in [1.29, 1.82) is 0 Å². The number of aldehydes is 1. The molecule has 46 valence electrons. The highest BCUT2D eigenvalue weighted by atomic mass is 16.1. The first kappa shape index (κ1) is 5.61. The van der Waals surface area contributed by atoms with Crippen LogP contribution in [0.4, 0.5) is 5.82 Å². The Labute approximate surface area is 50.6 Å². The van der Waals surface area contributed by atoms with Crippen LogP contribution in [0.15, 0.2) is 11.4 Å². The van der Waals surface area contributed by atoms with Gasteiger partial charge in [0.1, 0.15) is 5.69 Å². The van der Waals surface area contributed by atoms with Gasteiger partial charge in [-0.1, -0.05) is 0 Å². The maximum atomic E-state index is 10.0. The van der Waals surface area contributed by atoms with Gasteiger partial charge in [-0.2, -0.15) is 0 Å². The normalized spacial score (nSPS) is 8.89. The second-order valence-corrected chi connectivity index (χ2v) is 1.36. The molecule has 9 heavy (non-hydrogen) atoms. The van der Waals surface area contributed by atoms with Gasteiger partial charge in [0.25, 0.3) is 0 Å². The van der Waals surface area contributed by atoms with Crippen LogP contribution in [0, 0.1) is 0 Å². The van der Waals surface area contributed by atoms with E-state index in [2.05, 4.69) is 15.1 Å². The van der Waals surface area contributed by atoms with Crippen LogP contribution < -0.4 is 0 Å². The molecule has 0 radical (unpaired) electrons. The lowest BCUT2D eigenvalue weighted by atomic mass is 10.5. The minimum Gasteiger partial charge on any atom is -0.705 e. The van der Waals surface area contributed by atoms with Gasteiger partial charge in [-0.15, -0.1) is 0 Å². The molecule has 0 fully saturated rings. The lowest BCUT2D eigenvalue weighted by molar-refractivity contribution is 0.112. The van der Waals surface area contributed by atoms with Gasteiger partial charge in [-0.3, -0.25) is 4.79 Å². The fourth-order valence-corrected chi connectivity index (χ4v) is 0.463. The molecule has 0 unspecified atom stereocenters. The average Bonchev–Trinajstić information content (AvgIpc) is 2.33. The molecular formula is C4H3N4O-. The molecule has 0 aromatic carbocycles. The van der Waals surface area contributed by atoms with Gasteiger partial charge in [0.2, 0.25) is 0 Å². The fraction of sp³-hybridized carbons (Fsp3) is 0. The summed E-state index contributed by atoms with van der Waals surface area (Å²) in [4.78, 5) is 16.0. The molecular weight excluding hydrogens is 120 g/mol. The van der Waals surface area contributed by atoms with Gasteiger partial charge >= 0.3 is 0 Å². The zero-order valence-corrected chi connectivity index (χ0v) is 4.40. The molecule has 0 saturated carbocycles. The first-order chi connectivity index (χ1) is 4.38. The van der Waals surface area contributed by atoms with Crippen LogP contribution in [-0.4, -0.2) is 16.3 Å². The lowest BCUT2D eigenvalue weighted by Crippen LogP contribution is -1.75. The summed E-state index contributed by atoms with van der Waals surface area (Å²) in [6, 6.07) is 0. The van der Waals surface area contributed by atoms with E-state index in [0.29, 0.717) is 6.29 Å². The van der Waals surface area contributed by atoms with Crippen LogP contribution >= 0.6 is 0 Å². The van der Waals surface area contributed by atoms with E-state index in [0.717, 1.165) is 0 Å². The van der Waals surface area contributed by atoms with Crippen LogP contribution in [0.25, 0.3) is 5.53 Å².